The van der Waals surface area contributed by atoms with E-state index in [2.05, 4.69) is 30.8 Å². The lowest BCUT2D eigenvalue weighted by Crippen LogP contribution is -2.23. The van der Waals surface area contributed by atoms with Gasteiger partial charge in [-0.3, -0.25) is 4.79 Å². The highest BCUT2D eigenvalue weighted by atomic mass is 33.1. The van der Waals surface area contributed by atoms with Crippen molar-refractivity contribution in [2.45, 2.75) is 38.4 Å². The highest BCUT2D eigenvalue weighted by Gasteiger charge is 2.15. The van der Waals surface area contributed by atoms with E-state index >= 15 is 0 Å². The Hall–Kier alpha value is 0.170. The SMILES string of the molecule is CC(=O)NCCCC(C)(C)SS. The number of hydrogen-bond donors (Lipinski definition) is 2. The minimum Gasteiger partial charge on any atom is -0.356 e. The normalized spacial score (nSPS) is 11.3. The lowest BCUT2D eigenvalue weighted by molar-refractivity contribution is -0.118. The average molecular weight is 207 g/mol. The van der Waals surface area contributed by atoms with E-state index in [1.54, 1.807) is 17.7 Å². The van der Waals surface area contributed by atoms with E-state index in [1.807, 2.05) is 0 Å². The molecule has 0 aliphatic carbocycles. The Bertz CT molecular complexity index is 148. The lowest BCUT2D eigenvalue weighted by Gasteiger charge is -2.20. The van der Waals surface area contributed by atoms with E-state index in [9.17, 15) is 4.79 Å². The van der Waals surface area contributed by atoms with E-state index in [0.29, 0.717) is 0 Å². The van der Waals surface area contributed by atoms with Gasteiger partial charge in [-0.15, -0.1) is 11.7 Å². The molecule has 0 atom stereocenters. The van der Waals surface area contributed by atoms with Crippen LogP contribution in [0.5, 0.6) is 0 Å². The van der Waals surface area contributed by atoms with Gasteiger partial charge in [0, 0.05) is 18.2 Å². The molecule has 0 aliphatic rings. The molecule has 0 fully saturated rings. The van der Waals surface area contributed by atoms with Crippen molar-refractivity contribution in [3.63, 3.8) is 0 Å². The zero-order valence-corrected chi connectivity index (χ0v) is 9.60. The minimum atomic E-state index is 0.0475. The first-order chi connectivity index (χ1) is 5.48. The number of nitrogens with one attached hydrogen (secondary N) is 1. The van der Waals surface area contributed by atoms with Gasteiger partial charge in [0.15, 0.2) is 0 Å². The Balaban J connectivity index is 3.37. The van der Waals surface area contributed by atoms with Crippen molar-refractivity contribution in [3.8, 4) is 0 Å². The molecule has 72 valence electrons. The minimum absolute atomic E-state index is 0.0475. The summed E-state index contributed by atoms with van der Waals surface area (Å²) in [6.07, 6.45) is 2.08. The van der Waals surface area contributed by atoms with Crippen LogP contribution in [0.15, 0.2) is 0 Å². The number of rotatable bonds is 5. The second kappa shape index (κ2) is 5.75. The van der Waals surface area contributed by atoms with Crippen molar-refractivity contribution in [2.24, 2.45) is 0 Å². The molecule has 12 heavy (non-hydrogen) atoms. The van der Waals surface area contributed by atoms with E-state index in [0.717, 1.165) is 19.4 Å². The monoisotopic (exact) mass is 207 g/mol. The quantitative estimate of drug-likeness (QED) is 0.411. The summed E-state index contributed by atoms with van der Waals surface area (Å²) < 4.78 is 0.210. The van der Waals surface area contributed by atoms with Crippen molar-refractivity contribution in [1.29, 1.82) is 0 Å². The molecule has 1 amide bonds. The number of carbonyl (C=O) groups excluding carboxylic acids is 1. The van der Waals surface area contributed by atoms with Gasteiger partial charge < -0.3 is 5.32 Å². The zero-order valence-electron chi connectivity index (χ0n) is 7.89. The van der Waals surface area contributed by atoms with E-state index in [4.69, 9.17) is 0 Å². The van der Waals surface area contributed by atoms with Crippen LogP contribution in [0.3, 0.4) is 0 Å². The first-order valence-electron chi connectivity index (χ1n) is 4.05. The summed E-state index contributed by atoms with van der Waals surface area (Å²) >= 11 is 4.17. The van der Waals surface area contributed by atoms with Crippen molar-refractivity contribution in [3.05, 3.63) is 0 Å². The molecule has 0 saturated carbocycles. The predicted molar refractivity (Wildman–Crippen MR) is 58.6 cm³/mol. The second-order valence-electron chi connectivity index (χ2n) is 3.44. The fourth-order valence-electron chi connectivity index (χ4n) is 0.824. The first kappa shape index (κ1) is 12.2. The van der Waals surface area contributed by atoms with Crippen molar-refractivity contribution in [2.75, 3.05) is 6.54 Å². The van der Waals surface area contributed by atoms with Crippen LogP contribution in [0.25, 0.3) is 0 Å². The summed E-state index contributed by atoms with van der Waals surface area (Å²) in [5.41, 5.74) is 0. The Morgan fingerprint density at radius 2 is 2.17 bits per heavy atom. The number of carbonyl (C=O) groups is 1. The summed E-state index contributed by atoms with van der Waals surface area (Å²) in [6, 6.07) is 0. The molecular weight excluding hydrogens is 190 g/mol. The molecule has 0 bridgehead atoms. The number of hydrogen-bond acceptors (Lipinski definition) is 3. The fourth-order valence-corrected chi connectivity index (χ4v) is 1.33. The van der Waals surface area contributed by atoms with Gasteiger partial charge in [0.1, 0.15) is 0 Å². The van der Waals surface area contributed by atoms with Gasteiger partial charge in [0.2, 0.25) is 5.91 Å². The molecule has 0 unspecified atom stereocenters. The molecule has 0 heterocycles. The van der Waals surface area contributed by atoms with Crippen LogP contribution in [0, 0.1) is 0 Å². The standard InChI is InChI=1S/C8H17NOS2/c1-7(10)9-6-4-5-8(2,3)12-11/h11H,4-6H2,1-3H3,(H,9,10). The Kier molecular flexibility index (Phi) is 5.84. The summed E-state index contributed by atoms with van der Waals surface area (Å²) in [7, 11) is 1.57. The average Bonchev–Trinajstić information content (AvgIpc) is 1.98. The van der Waals surface area contributed by atoms with Crippen molar-refractivity contribution in [1.82, 2.24) is 5.32 Å². The molecule has 0 radical (unpaired) electrons. The summed E-state index contributed by atoms with van der Waals surface area (Å²) in [5.74, 6) is 0.0475. The number of thiol groups is 1. The lowest BCUT2D eigenvalue weighted by atomic mass is 10.1. The third-order valence-corrected chi connectivity index (χ3v) is 3.76. The van der Waals surface area contributed by atoms with Crippen molar-refractivity contribution >= 4 is 28.4 Å². The summed E-state index contributed by atoms with van der Waals surface area (Å²) in [5, 5.41) is 2.77. The molecule has 2 nitrogen and oxygen atoms in total. The zero-order chi connectivity index (χ0) is 9.61. The molecule has 0 rings (SSSR count). The highest BCUT2D eigenvalue weighted by molar-refractivity contribution is 8.69. The predicted octanol–water partition coefficient (Wildman–Crippen LogP) is 2.26. The van der Waals surface area contributed by atoms with Gasteiger partial charge >= 0.3 is 0 Å². The van der Waals surface area contributed by atoms with Crippen LogP contribution in [-0.2, 0) is 4.79 Å². The molecule has 1 N–H and O–H groups in total. The van der Waals surface area contributed by atoms with Gasteiger partial charge in [-0.2, -0.15) is 0 Å². The maximum atomic E-state index is 10.5. The molecule has 0 aromatic rings. The van der Waals surface area contributed by atoms with Crippen LogP contribution in [0.4, 0.5) is 0 Å². The summed E-state index contributed by atoms with van der Waals surface area (Å²) in [4.78, 5) is 10.5. The molecule has 0 saturated heterocycles. The molecule has 0 spiro atoms. The van der Waals surface area contributed by atoms with E-state index < -0.39 is 0 Å². The van der Waals surface area contributed by atoms with Crippen LogP contribution in [0.1, 0.15) is 33.6 Å². The maximum Gasteiger partial charge on any atom is 0.216 e. The smallest absolute Gasteiger partial charge is 0.216 e. The van der Waals surface area contributed by atoms with Crippen LogP contribution < -0.4 is 5.32 Å². The first-order valence-corrected chi connectivity index (χ1v) is 5.92. The molecule has 0 aromatic carbocycles. The Morgan fingerprint density at radius 1 is 1.58 bits per heavy atom. The molecule has 0 aromatic heterocycles. The van der Waals surface area contributed by atoms with Crippen LogP contribution in [0.2, 0.25) is 0 Å². The van der Waals surface area contributed by atoms with E-state index in [1.165, 1.54) is 0 Å². The Morgan fingerprint density at radius 3 is 2.58 bits per heavy atom. The maximum absolute atomic E-state index is 10.5. The largest absolute Gasteiger partial charge is 0.356 e. The highest BCUT2D eigenvalue weighted by Crippen LogP contribution is 2.31. The van der Waals surface area contributed by atoms with Crippen LogP contribution in [-0.4, -0.2) is 17.2 Å². The molecule has 4 heteroatoms. The van der Waals surface area contributed by atoms with Gasteiger partial charge in [0.25, 0.3) is 0 Å². The van der Waals surface area contributed by atoms with Gasteiger partial charge in [-0.05, 0) is 26.7 Å². The molecular formula is C8H17NOS2. The summed E-state index contributed by atoms with van der Waals surface area (Å²) in [6.45, 7) is 6.61. The van der Waals surface area contributed by atoms with Crippen LogP contribution >= 0.6 is 22.5 Å². The topological polar surface area (TPSA) is 29.1 Å². The van der Waals surface area contributed by atoms with Gasteiger partial charge in [0.05, 0.1) is 0 Å². The van der Waals surface area contributed by atoms with Gasteiger partial charge in [-0.25, -0.2) is 0 Å². The Labute approximate surface area is 83.7 Å². The van der Waals surface area contributed by atoms with E-state index in [-0.39, 0.29) is 10.7 Å². The fraction of sp³-hybridized carbons (Fsp3) is 0.875. The molecule has 0 aliphatic heterocycles. The van der Waals surface area contributed by atoms with Crippen molar-refractivity contribution < 1.29 is 4.79 Å². The third kappa shape index (κ3) is 6.85. The van der Waals surface area contributed by atoms with Gasteiger partial charge in [-0.1, -0.05) is 10.8 Å². The number of amides is 1. The second-order valence-corrected chi connectivity index (χ2v) is 5.27. The third-order valence-electron chi connectivity index (χ3n) is 1.58.